The quantitative estimate of drug-likeness (QED) is 0.0307. The molecular formula is C60H117NO26P2. The zero-order valence-electron chi connectivity index (χ0n) is 52.8. The van der Waals surface area contributed by atoms with Crippen LogP contribution in [-0.4, -0.2) is 234 Å². The van der Waals surface area contributed by atoms with Crippen LogP contribution in [0.25, 0.3) is 0 Å². The lowest BCUT2D eigenvalue weighted by Crippen LogP contribution is -2.67. The van der Waals surface area contributed by atoms with Crippen LogP contribution in [0.5, 0.6) is 0 Å². The van der Waals surface area contributed by atoms with Gasteiger partial charge in [-0.1, -0.05) is 219 Å². The highest BCUT2D eigenvalue weighted by atomic mass is 31.2. The molecule has 27 nitrogen and oxygen atoms in total. The molecule has 0 radical (unpaired) electrons. The van der Waals surface area contributed by atoms with Gasteiger partial charge in [0, 0.05) is 0 Å². The summed E-state index contributed by atoms with van der Waals surface area (Å²) in [5, 5.41) is 162. The maximum Gasteiger partial charge on any atom is 0.472 e. The van der Waals surface area contributed by atoms with E-state index in [-0.39, 0.29) is 12.8 Å². The summed E-state index contributed by atoms with van der Waals surface area (Å²) in [6.45, 7) is 2.05. The third-order valence-corrected chi connectivity index (χ3v) is 19.5. The lowest BCUT2D eigenvalue weighted by atomic mass is 9.84. The lowest BCUT2D eigenvalue weighted by Gasteiger charge is -2.47. The Morgan fingerprint density at radius 3 is 1.16 bits per heavy atom. The van der Waals surface area contributed by atoms with Crippen LogP contribution >= 0.6 is 15.6 Å². The van der Waals surface area contributed by atoms with Crippen molar-refractivity contribution < 1.29 is 128 Å². The molecule has 2 saturated carbocycles. The Labute approximate surface area is 526 Å². The monoisotopic (exact) mass is 1330 g/mol. The van der Waals surface area contributed by atoms with E-state index in [0.717, 1.165) is 64.2 Å². The van der Waals surface area contributed by atoms with E-state index in [9.17, 15) is 100 Å². The molecule has 1 saturated heterocycles. The summed E-state index contributed by atoms with van der Waals surface area (Å²) in [6.07, 6.45) is -7.48. The van der Waals surface area contributed by atoms with Crippen molar-refractivity contribution in [2.24, 2.45) is 0 Å². The molecule has 0 aromatic rings. The molecule has 89 heavy (non-hydrogen) atoms. The van der Waals surface area contributed by atoms with Crippen molar-refractivity contribution in [3.05, 3.63) is 0 Å². The largest absolute Gasteiger partial charge is 0.472 e. The molecule has 21 unspecified atom stereocenters. The number of phosphoric ester groups is 2. The van der Waals surface area contributed by atoms with Gasteiger partial charge in [0.1, 0.15) is 110 Å². The molecule has 1 amide bonds. The normalized spacial score (nSPS) is 32.0. The predicted octanol–water partition coefficient (Wildman–Crippen LogP) is 3.33. The minimum atomic E-state index is -5.68. The van der Waals surface area contributed by atoms with Gasteiger partial charge >= 0.3 is 15.6 Å². The number of phosphoric acid groups is 2. The number of rotatable bonds is 50. The van der Waals surface area contributed by atoms with Gasteiger partial charge in [-0.15, -0.1) is 0 Å². The van der Waals surface area contributed by atoms with Crippen molar-refractivity contribution in [2.45, 2.75) is 360 Å². The predicted molar refractivity (Wildman–Crippen MR) is 325 cm³/mol. The highest BCUT2D eigenvalue weighted by Gasteiger charge is 2.56. The molecule has 2 aliphatic carbocycles. The minimum absolute atomic E-state index is 0.0369. The van der Waals surface area contributed by atoms with Gasteiger partial charge in [-0.25, -0.2) is 9.13 Å². The summed E-state index contributed by atoms with van der Waals surface area (Å²) in [5.41, 5.74) is 0. The third kappa shape index (κ3) is 29.9. The van der Waals surface area contributed by atoms with E-state index in [2.05, 4.69) is 19.2 Å². The molecule has 3 aliphatic rings. The molecule has 1 aliphatic heterocycles. The molecule has 0 bridgehead atoms. The van der Waals surface area contributed by atoms with Crippen molar-refractivity contribution in [3.8, 4) is 0 Å². The maximum atomic E-state index is 13.8. The Kier molecular flexibility index (Phi) is 41.3. The zero-order chi connectivity index (χ0) is 66.1. The van der Waals surface area contributed by atoms with Crippen LogP contribution < -0.4 is 5.32 Å². The Morgan fingerprint density at radius 2 is 0.742 bits per heavy atom. The van der Waals surface area contributed by atoms with E-state index in [1.54, 1.807) is 0 Å². The van der Waals surface area contributed by atoms with Gasteiger partial charge in [0.25, 0.3) is 0 Å². The number of aliphatic hydroxyl groups is 15. The average molecular weight is 1330 g/mol. The summed E-state index contributed by atoms with van der Waals surface area (Å²) in [5.74, 6) is -0.989. The molecular weight excluding hydrogens is 1210 g/mol. The van der Waals surface area contributed by atoms with Crippen LogP contribution in [0.2, 0.25) is 0 Å². The molecule has 29 heteroatoms. The lowest BCUT2D eigenvalue weighted by molar-refractivity contribution is -0.337. The second-order valence-electron chi connectivity index (χ2n) is 25.1. The van der Waals surface area contributed by atoms with Crippen molar-refractivity contribution >= 4 is 21.6 Å². The number of hydrogen-bond donors (Lipinski definition) is 18. The molecule has 3 rings (SSSR count). The molecule has 0 aromatic carbocycles. The standard InChI is InChI=1S/C60H117NO26P2/c1-3-5-7-9-11-13-15-17-18-19-20-21-22-23-24-26-28-30-32-34-36-41(63)59(77)61-39(43(64)40(62)35-33-31-29-27-25-16-14-12-10-8-6-4-2)37-82-88(78,79)87-58-54(75)50(71)49(70)53(74)57(58)85-60-55(76)45(66)44(65)42(84-60)38-83-89(80,81)86-56-51(72)47(68)46(67)48(69)52(56)73/h39-58,60,62-76H,3-38H2,1-2H3,(H,61,77)(H,78,79)(H,80,81). The van der Waals surface area contributed by atoms with Crippen molar-refractivity contribution in [2.75, 3.05) is 13.2 Å². The number of ether oxygens (including phenoxy) is 2. The van der Waals surface area contributed by atoms with Crippen LogP contribution in [0.3, 0.4) is 0 Å². The van der Waals surface area contributed by atoms with Gasteiger partial charge < -0.3 is 101 Å². The number of hydrogen-bond acceptors (Lipinski definition) is 24. The molecule has 21 atom stereocenters. The SMILES string of the molecule is CCCCCCCCCCCCCCCCCCCCCCC(O)C(=O)NC(COP(=O)(O)OC1C(O)C(O)C(O)C(O)C1OC1OC(COP(=O)(O)OC2C(O)C(O)C(O)C(O)C2O)C(O)C(O)C1O)C(O)C(O)CCCCCCCCCCCCCC. The van der Waals surface area contributed by atoms with E-state index in [1.165, 1.54) is 122 Å². The smallest absolute Gasteiger partial charge is 0.390 e. The number of carbonyl (C=O) groups is 1. The second-order valence-corrected chi connectivity index (χ2v) is 27.9. The molecule has 0 spiro atoms. The van der Waals surface area contributed by atoms with Crippen molar-refractivity contribution in [1.82, 2.24) is 5.32 Å². The van der Waals surface area contributed by atoms with E-state index >= 15 is 0 Å². The van der Waals surface area contributed by atoms with E-state index in [4.69, 9.17) is 27.6 Å². The molecule has 3 fully saturated rings. The molecule has 0 aromatic heterocycles. The van der Waals surface area contributed by atoms with Crippen molar-refractivity contribution in [1.29, 1.82) is 0 Å². The third-order valence-electron chi connectivity index (χ3n) is 17.5. The Morgan fingerprint density at radius 1 is 0.416 bits per heavy atom. The van der Waals surface area contributed by atoms with Gasteiger partial charge in [0.2, 0.25) is 5.91 Å². The van der Waals surface area contributed by atoms with Crippen LogP contribution in [-0.2, 0) is 41.5 Å². The van der Waals surface area contributed by atoms with E-state index < -0.39 is 163 Å². The van der Waals surface area contributed by atoms with Crippen molar-refractivity contribution in [3.63, 3.8) is 0 Å². The van der Waals surface area contributed by atoms with Gasteiger partial charge in [-0.05, 0) is 12.8 Å². The fraction of sp³-hybridized carbons (Fsp3) is 0.983. The number of nitrogens with one attached hydrogen (secondary N) is 1. The first-order valence-corrected chi connectivity index (χ1v) is 36.4. The second kappa shape index (κ2) is 44.7. The first-order valence-electron chi connectivity index (χ1n) is 33.4. The Hall–Kier alpha value is -0.990. The molecule has 18 N–H and O–H groups in total. The summed E-state index contributed by atoms with van der Waals surface area (Å²) in [4.78, 5) is 35.0. The number of carbonyl (C=O) groups excluding carboxylic acids is 1. The van der Waals surface area contributed by atoms with Crippen LogP contribution in [0, 0.1) is 0 Å². The maximum absolute atomic E-state index is 13.8. The fourth-order valence-electron chi connectivity index (χ4n) is 11.7. The van der Waals surface area contributed by atoms with Gasteiger partial charge in [-0.3, -0.25) is 22.9 Å². The van der Waals surface area contributed by atoms with Gasteiger partial charge in [-0.2, -0.15) is 0 Å². The van der Waals surface area contributed by atoms with Crippen LogP contribution in [0.15, 0.2) is 0 Å². The minimum Gasteiger partial charge on any atom is -0.390 e. The Balaban J connectivity index is 1.61. The van der Waals surface area contributed by atoms with Crippen LogP contribution in [0.4, 0.5) is 0 Å². The van der Waals surface area contributed by atoms with E-state index in [1.807, 2.05) is 0 Å². The molecule has 1 heterocycles. The van der Waals surface area contributed by atoms with Gasteiger partial charge in [0.15, 0.2) is 6.29 Å². The fourth-order valence-corrected chi connectivity index (χ4v) is 13.6. The average Bonchev–Trinajstić information content (AvgIpc) is 3.39. The summed E-state index contributed by atoms with van der Waals surface area (Å²) >= 11 is 0. The topological polar surface area (TPSA) is 463 Å². The molecule has 528 valence electrons. The number of unbranched alkanes of at least 4 members (excludes halogenated alkanes) is 30. The summed E-state index contributed by atoms with van der Waals surface area (Å²) in [7, 11) is -11.2. The summed E-state index contributed by atoms with van der Waals surface area (Å²) in [6, 6.07) is -1.69. The number of amides is 1. The summed E-state index contributed by atoms with van der Waals surface area (Å²) < 4.78 is 57.7. The van der Waals surface area contributed by atoms with Gasteiger partial charge in [0.05, 0.1) is 25.4 Å². The van der Waals surface area contributed by atoms with E-state index in [0.29, 0.717) is 19.3 Å². The number of aliphatic hydroxyl groups excluding tert-OH is 15. The zero-order valence-corrected chi connectivity index (χ0v) is 54.5. The highest BCUT2D eigenvalue weighted by molar-refractivity contribution is 7.47. The first kappa shape index (κ1) is 82.2. The van der Waals surface area contributed by atoms with Crippen LogP contribution in [0.1, 0.15) is 232 Å². The Bertz CT molecular complexity index is 1930. The first-order chi connectivity index (χ1) is 42.3. The highest BCUT2D eigenvalue weighted by Crippen LogP contribution is 2.49.